The summed E-state index contributed by atoms with van der Waals surface area (Å²) < 4.78 is 7.51. The van der Waals surface area contributed by atoms with Crippen LogP contribution in [0.1, 0.15) is 52.0 Å². The number of nitrogens with two attached hydrogens (primary N) is 1. The van der Waals surface area contributed by atoms with Crippen molar-refractivity contribution in [3.05, 3.63) is 23.8 Å². The second kappa shape index (κ2) is 6.58. The number of aryl methyl sites for hydroxylation is 1. The molecule has 0 radical (unpaired) electrons. The molecule has 2 aromatic rings. The van der Waals surface area contributed by atoms with E-state index in [4.69, 9.17) is 10.5 Å². The van der Waals surface area contributed by atoms with Crippen LogP contribution in [-0.2, 0) is 11.3 Å². The molecule has 2 N–H and O–H groups in total. The van der Waals surface area contributed by atoms with Crippen LogP contribution >= 0.6 is 0 Å². The van der Waals surface area contributed by atoms with Gasteiger partial charge in [-0.15, -0.1) is 0 Å². The van der Waals surface area contributed by atoms with Gasteiger partial charge in [0.1, 0.15) is 5.60 Å². The number of ether oxygens (including phenoxy) is 1. The second-order valence-corrected chi connectivity index (χ2v) is 7.70. The number of carbonyl (C=O) groups excluding carboxylic acids is 1. The molecule has 25 heavy (non-hydrogen) atoms. The Morgan fingerprint density at radius 1 is 1.32 bits per heavy atom. The van der Waals surface area contributed by atoms with E-state index in [1.54, 1.807) is 0 Å². The quantitative estimate of drug-likeness (QED) is 0.900. The Morgan fingerprint density at radius 2 is 2.00 bits per heavy atom. The zero-order valence-corrected chi connectivity index (χ0v) is 15.6. The number of aromatic nitrogens is 2. The Bertz CT molecular complexity index is 768. The number of nitrogens with zero attached hydrogens (tertiary/aromatic N) is 3. The maximum atomic E-state index is 12.2. The van der Waals surface area contributed by atoms with Crippen molar-refractivity contribution < 1.29 is 9.53 Å². The van der Waals surface area contributed by atoms with E-state index >= 15 is 0 Å². The van der Waals surface area contributed by atoms with E-state index in [0.717, 1.165) is 43.5 Å². The highest BCUT2D eigenvalue weighted by Gasteiger charge is 2.27. The van der Waals surface area contributed by atoms with Crippen molar-refractivity contribution in [1.29, 1.82) is 0 Å². The van der Waals surface area contributed by atoms with E-state index in [1.807, 2.05) is 36.3 Å². The normalized spacial score (nSPS) is 16.4. The third-order valence-corrected chi connectivity index (χ3v) is 4.74. The third-order valence-electron chi connectivity index (χ3n) is 4.74. The van der Waals surface area contributed by atoms with Gasteiger partial charge in [-0.05, 0) is 64.2 Å². The van der Waals surface area contributed by atoms with Gasteiger partial charge >= 0.3 is 6.09 Å². The Morgan fingerprint density at radius 3 is 2.60 bits per heavy atom. The van der Waals surface area contributed by atoms with Gasteiger partial charge in [-0.3, -0.25) is 0 Å². The van der Waals surface area contributed by atoms with E-state index in [0.29, 0.717) is 11.9 Å². The van der Waals surface area contributed by atoms with Crippen LogP contribution in [0, 0.1) is 0 Å². The second-order valence-electron chi connectivity index (χ2n) is 7.70. The van der Waals surface area contributed by atoms with Crippen LogP contribution in [0.4, 0.5) is 10.7 Å². The summed E-state index contributed by atoms with van der Waals surface area (Å²) >= 11 is 0. The first-order valence-electron chi connectivity index (χ1n) is 9.02. The number of amides is 1. The molecule has 0 unspecified atom stereocenters. The number of anilines is 1. The molecule has 1 aromatic heterocycles. The molecule has 0 atom stereocenters. The van der Waals surface area contributed by atoms with Crippen molar-refractivity contribution >= 4 is 23.1 Å². The van der Waals surface area contributed by atoms with Crippen LogP contribution < -0.4 is 5.73 Å². The fraction of sp³-hybridized carbons (Fsp3) is 0.579. The molecule has 1 fully saturated rings. The number of imidazole rings is 1. The third kappa shape index (κ3) is 3.72. The largest absolute Gasteiger partial charge is 0.444 e. The summed E-state index contributed by atoms with van der Waals surface area (Å²) in [6.45, 7) is 10.0. The minimum absolute atomic E-state index is 0.210. The van der Waals surface area contributed by atoms with Crippen LogP contribution in [0.25, 0.3) is 11.0 Å². The van der Waals surface area contributed by atoms with Crippen molar-refractivity contribution in [2.75, 3.05) is 18.8 Å². The molecule has 0 aliphatic carbocycles. The average molecular weight is 344 g/mol. The fourth-order valence-corrected chi connectivity index (χ4v) is 3.47. The van der Waals surface area contributed by atoms with Crippen molar-refractivity contribution in [1.82, 2.24) is 14.5 Å². The van der Waals surface area contributed by atoms with Gasteiger partial charge in [0.05, 0.1) is 11.0 Å². The van der Waals surface area contributed by atoms with E-state index in [9.17, 15) is 4.79 Å². The number of carbonyl (C=O) groups is 1. The van der Waals surface area contributed by atoms with Crippen molar-refractivity contribution in [2.24, 2.45) is 0 Å². The summed E-state index contributed by atoms with van der Waals surface area (Å²) in [7, 11) is 0. The highest BCUT2D eigenvalue weighted by atomic mass is 16.6. The molecule has 0 spiro atoms. The van der Waals surface area contributed by atoms with Gasteiger partial charge in [-0.2, -0.15) is 0 Å². The summed E-state index contributed by atoms with van der Waals surface area (Å²) in [6.07, 6.45) is 1.68. The number of hydrogen-bond acceptors (Lipinski definition) is 4. The van der Waals surface area contributed by atoms with E-state index < -0.39 is 5.60 Å². The first kappa shape index (κ1) is 17.6. The number of nitrogen functional groups attached to an aromatic ring is 1. The highest BCUT2D eigenvalue weighted by molar-refractivity contribution is 5.79. The molecule has 1 amide bonds. The Labute approximate surface area is 149 Å². The molecule has 136 valence electrons. The lowest BCUT2D eigenvalue weighted by molar-refractivity contribution is 0.0205. The summed E-state index contributed by atoms with van der Waals surface area (Å²) in [6, 6.07) is 6.39. The summed E-state index contributed by atoms with van der Waals surface area (Å²) in [5, 5.41) is 0. The fourth-order valence-electron chi connectivity index (χ4n) is 3.47. The highest BCUT2D eigenvalue weighted by Crippen LogP contribution is 2.31. The lowest BCUT2D eigenvalue weighted by Crippen LogP contribution is -2.41. The first-order chi connectivity index (χ1) is 11.8. The number of benzene rings is 1. The van der Waals surface area contributed by atoms with Gasteiger partial charge < -0.3 is 19.9 Å². The lowest BCUT2D eigenvalue weighted by Gasteiger charge is -2.33. The lowest BCUT2D eigenvalue weighted by atomic mass is 9.89. The minimum atomic E-state index is -0.447. The topological polar surface area (TPSA) is 73.4 Å². The smallest absolute Gasteiger partial charge is 0.410 e. The predicted octanol–water partition coefficient (Wildman–Crippen LogP) is 3.75. The van der Waals surface area contributed by atoms with Crippen LogP contribution in [0.5, 0.6) is 0 Å². The summed E-state index contributed by atoms with van der Waals surface area (Å²) in [5.41, 5.74) is 8.87. The molecule has 3 rings (SSSR count). The Kier molecular flexibility index (Phi) is 4.62. The first-order valence-corrected chi connectivity index (χ1v) is 9.02. The van der Waals surface area contributed by atoms with Crippen LogP contribution in [-0.4, -0.2) is 39.2 Å². The van der Waals surface area contributed by atoms with Gasteiger partial charge in [0.15, 0.2) is 0 Å². The number of rotatable bonds is 2. The predicted molar refractivity (Wildman–Crippen MR) is 99.6 cm³/mol. The van der Waals surface area contributed by atoms with E-state index in [1.165, 1.54) is 5.56 Å². The van der Waals surface area contributed by atoms with Gasteiger partial charge in [-0.1, -0.05) is 6.07 Å². The molecule has 0 saturated carbocycles. The zero-order valence-electron chi connectivity index (χ0n) is 15.6. The van der Waals surface area contributed by atoms with Crippen LogP contribution in [0.2, 0.25) is 0 Å². The minimum Gasteiger partial charge on any atom is -0.444 e. The number of fused-ring (bicyclic) bond motifs is 1. The molecule has 1 aliphatic heterocycles. The molecule has 1 saturated heterocycles. The van der Waals surface area contributed by atoms with Crippen molar-refractivity contribution in [2.45, 2.75) is 58.6 Å². The molecule has 0 bridgehead atoms. The van der Waals surface area contributed by atoms with Gasteiger partial charge in [-0.25, -0.2) is 9.78 Å². The Hall–Kier alpha value is -2.24. The molecule has 1 aliphatic rings. The molecule has 1 aromatic carbocycles. The molecule has 6 nitrogen and oxygen atoms in total. The van der Waals surface area contributed by atoms with Gasteiger partial charge in [0, 0.05) is 19.6 Å². The van der Waals surface area contributed by atoms with Gasteiger partial charge in [0.2, 0.25) is 5.95 Å². The number of likely N-dealkylation sites (tertiary alicyclic amines) is 1. The molecule has 2 heterocycles. The van der Waals surface area contributed by atoms with Crippen molar-refractivity contribution in [3.63, 3.8) is 0 Å². The molecular formula is C19H28N4O2. The van der Waals surface area contributed by atoms with E-state index in [2.05, 4.69) is 24.0 Å². The summed E-state index contributed by atoms with van der Waals surface area (Å²) in [4.78, 5) is 18.4. The monoisotopic (exact) mass is 344 g/mol. The maximum absolute atomic E-state index is 12.2. The van der Waals surface area contributed by atoms with Gasteiger partial charge in [0.25, 0.3) is 0 Å². The number of piperidine rings is 1. The summed E-state index contributed by atoms with van der Waals surface area (Å²) in [5.74, 6) is 1.01. The molecule has 6 heteroatoms. The maximum Gasteiger partial charge on any atom is 0.410 e. The van der Waals surface area contributed by atoms with Crippen LogP contribution in [0.3, 0.4) is 0 Å². The van der Waals surface area contributed by atoms with E-state index in [-0.39, 0.29) is 6.09 Å². The Balaban J connectivity index is 1.71. The number of hydrogen-bond donors (Lipinski definition) is 1. The standard InChI is InChI=1S/C19H28N4O2/c1-5-23-16-12-14(6-7-15(16)21-17(23)20)13-8-10-22(11-9-13)18(24)25-19(2,3)4/h6-7,12-13H,5,8-11H2,1-4H3,(H2,20,21). The average Bonchev–Trinajstić information content (AvgIpc) is 2.87. The van der Waals surface area contributed by atoms with Crippen LogP contribution in [0.15, 0.2) is 18.2 Å². The SMILES string of the molecule is CCn1c(N)nc2ccc(C3CCN(C(=O)OC(C)(C)C)CC3)cc21. The van der Waals surface area contributed by atoms with Crippen molar-refractivity contribution in [3.8, 4) is 0 Å². The molecular weight excluding hydrogens is 316 g/mol. The zero-order chi connectivity index (χ0) is 18.2.